The molecular weight excluding hydrogens is 314 g/mol. The molecule has 0 spiro atoms. The highest BCUT2D eigenvalue weighted by molar-refractivity contribution is 5.94. The van der Waals surface area contributed by atoms with E-state index in [0.29, 0.717) is 23.6 Å². The molecule has 1 atom stereocenters. The molecule has 128 valence electrons. The fourth-order valence-corrected chi connectivity index (χ4v) is 3.11. The van der Waals surface area contributed by atoms with Gasteiger partial charge in [0, 0.05) is 37.0 Å². The lowest BCUT2D eigenvalue weighted by Gasteiger charge is -2.19. The molecule has 0 radical (unpaired) electrons. The second kappa shape index (κ2) is 7.71. The molecule has 1 aliphatic heterocycles. The van der Waals surface area contributed by atoms with Crippen LogP contribution in [0.3, 0.4) is 0 Å². The summed E-state index contributed by atoms with van der Waals surface area (Å²) in [7, 11) is 1.67. The first-order valence-corrected chi connectivity index (χ1v) is 8.37. The average molecular weight is 335 g/mol. The van der Waals surface area contributed by atoms with E-state index >= 15 is 0 Å². The van der Waals surface area contributed by atoms with Crippen molar-refractivity contribution in [1.29, 1.82) is 5.26 Å². The number of amides is 1. The van der Waals surface area contributed by atoms with Crippen molar-refractivity contribution in [1.82, 2.24) is 5.32 Å². The van der Waals surface area contributed by atoms with Crippen molar-refractivity contribution < 1.29 is 9.53 Å². The highest BCUT2D eigenvalue weighted by Crippen LogP contribution is 2.26. The summed E-state index contributed by atoms with van der Waals surface area (Å²) in [5.74, 6) is 1.14. The van der Waals surface area contributed by atoms with Crippen LogP contribution in [0.25, 0.3) is 0 Å². The maximum Gasteiger partial charge on any atom is 0.251 e. The number of carbonyl (C=O) groups excluding carboxylic acids is 1. The van der Waals surface area contributed by atoms with Crippen LogP contribution in [0, 0.1) is 17.2 Å². The normalized spacial score (nSPS) is 16.3. The quantitative estimate of drug-likeness (QED) is 0.912. The first kappa shape index (κ1) is 16.8. The summed E-state index contributed by atoms with van der Waals surface area (Å²) in [6, 6.07) is 16.9. The minimum absolute atomic E-state index is 0.128. The molecule has 2 aromatic carbocycles. The molecule has 1 saturated heterocycles. The summed E-state index contributed by atoms with van der Waals surface area (Å²) in [6.07, 6.45) is 1.04. The van der Waals surface area contributed by atoms with Gasteiger partial charge in [-0.1, -0.05) is 12.1 Å². The van der Waals surface area contributed by atoms with Crippen LogP contribution in [0.2, 0.25) is 0 Å². The highest BCUT2D eigenvalue weighted by Gasteiger charge is 2.23. The largest absolute Gasteiger partial charge is 0.497 e. The maximum absolute atomic E-state index is 12.3. The lowest BCUT2D eigenvalue weighted by molar-refractivity contribution is 0.0948. The molecule has 0 aromatic heterocycles. The molecule has 3 rings (SSSR count). The van der Waals surface area contributed by atoms with Crippen molar-refractivity contribution in [3.8, 4) is 11.8 Å². The molecule has 1 N–H and O–H groups in total. The zero-order valence-electron chi connectivity index (χ0n) is 14.2. The fraction of sp³-hybridized carbons (Fsp3) is 0.300. The maximum atomic E-state index is 12.3. The summed E-state index contributed by atoms with van der Waals surface area (Å²) in [4.78, 5) is 14.6. The number of rotatable bonds is 5. The molecule has 1 amide bonds. The molecule has 0 bridgehead atoms. The fourth-order valence-electron chi connectivity index (χ4n) is 3.11. The van der Waals surface area contributed by atoms with Crippen molar-refractivity contribution in [2.24, 2.45) is 5.92 Å². The molecular formula is C20H21N3O2. The Bertz CT molecular complexity index is 798. The number of nitriles is 1. The minimum Gasteiger partial charge on any atom is -0.497 e. The smallest absolute Gasteiger partial charge is 0.251 e. The molecule has 5 heteroatoms. The second-order valence-corrected chi connectivity index (χ2v) is 6.20. The molecule has 0 saturated carbocycles. The monoisotopic (exact) mass is 335 g/mol. The topological polar surface area (TPSA) is 65.4 Å². The van der Waals surface area contributed by atoms with E-state index in [-0.39, 0.29) is 5.91 Å². The van der Waals surface area contributed by atoms with E-state index in [1.54, 1.807) is 31.4 Å². The van der Waals surface area contributed by atoms with Crippen LogP contribution in [0.1, 0.15) is 22.3 Å². The Kier molecular flexibility index (Phi) is 5.20. The van der Waals surface area contributed by atoms with E-state index in [2.05, 4.69) is 22.4 Å². The molecule has 1 aliphatic rings. The summed E-state index contributed by atoms with van der Waals surface area (Å²) >= 11 is 0. The predicted molar refractivity (Wildman–Crippen MR) is 96.8 cm³/mol. The third kappa shape index (κ3) is 4.10. The standard InChI is InChI=1S/C20H21N3O2/c1-25-19-7-3-6-18(11-19)23-9-8-16(14-23)13-22-20(24)17-5-2-4-15(10-17)12-21/h2-7,10-11,16H,8-9,13-14H2,1H3,(H,22,24)/t16-/m1/s1. The van der Waals surface area contributed by atoms with Crippen LogP contribution in [0.4, 0.5) is 5.69 Å². The molecule has 0 aliphatic carbocycles. The van der Waals surface area contributed by atoms with Gasteiger partial charge in [0.15, 0.2) is 0 Å². The average Bonchev–Trinajstić information content (AvgIpc) is 3.15. The Morgan fingerprint density at radius 1 is 1.32 bits per heavy atom. The molecule has 5 nitrogen and oxygen atoms in total. The van der Waals surface area contributed by atoms with Gasteiger partial charge in [0.05, 0.1) is 18.7 Å². The van der Waals surface area contributed by atoms with Gasteiger partial charge in [0.25, 0.3) is 5.91 Å². The molecule has 1 heterocycles. The first-order valence-electron chi connectivity index (χ1n) is 8.37. The third-order valence-electron chi connectivity index (χ3n) is 4.51. The summed E-state index contributed by atoms with van der Waals surface area (Å²) in [5.41, 5.74) is 2.18. The molecule has 0 unspecified atom stereocenters. The van der Waals surface area contributed by atoms with Gasteiger partial charge >= 0.3 is 0 Å². The minimum atomic E-state index is -0.128. The van der Waals surface area contributed by atoms with E-state index in [4.69, 9.17) is 10.00 Å². The van der Waals surface area contributed by atoms with Crippen molar-refractivity contribution >= 4 is 11.6 Å². The van der Waals surface area contributed by atoms with Crippen molar-refractivity contribution in [3.05, 3.63) is 59.7 Å². The Morgan fingerprint density at radius 2 is 2.16 bits per heavy atom. The molecule has 2 aromatic rings. The van der Waals surface area contributed by atoms with Gasteiger partial charge < -0.3 is 15.0 Å². The Labute approximate surface area is 147 Å². The number of anilines is 1. The number of ether oxygens (including phenoxy) is 1. The molecule has 25 heavy (non-hydrogen) atoms. The SMILES string of the molecule is COc1cccc(N2CC[C@H](CNC(=O)c3cccc(C#N)c3)C2)c1. The summed E-state index contributed by atoms with van der Waals surface area (Å²) < 4.78 is 5.28. The highest BCUT2D eigenvalue weighted by atomic mass is 16.5. The van der Waals surface area contributed by atoms with Crippen LogP contribution in [-0.2, 0) is 0 Å². The van der Waals surface area contributed by atoms with E-state index < -0.39 is 0 Å². The zero-order chi connectivity index (χ0) is 17.6. The molecule has 1 fully saturated rings. The van der Waals surface area contributed by atoms with Gasteiger partial charge in [-0.3, -0.25) is 4.79 Å². The lowest BCUT2D eigenvalue weighted by Crippen LogP contribution is -2.31. The summed E-state index contributed by atoms with van der Waals surface area (Å²) in [6.45, 7) is 2.51. The first-order chi connectivity index (χ1) is 12.2. The van der Waals surface area contributed by atoms with Gasteiger partial charge in [-0.25, -0.2) is 0 Å². The second-order valence-electron chi connectivity index (χ2n) is 6.20. The number of hydrogen-bond donors (Lipinski definition) is 1. The van der Waals surface area contributed by atoms with Crippen LogP contribution in [0.15, 0.2) is 48.5 Å². The lowest BCUT2D eigenvalue weighted by atomic mass is 10.1. The Hall–Kier alpha value is -3.00. The third-order valence-corrected chi connectivity index (χ3v) is 4.51. The number of hydrogen-bond acceptors (Lipinski definition) is 4. The van der Waals surface area contributed by atoms with E-state index in [1.165, 1.54) is 0 Å². The van der Waals surface area contributed by atoms with Gasteiger partial charge in [0.2, 0.25) is 0 Å². The van der Waals surface area contributed by atoms with Crippen molar-refractivity contribution in [2.75, 3.05) is 31.6 Å². The number of nitrogens with zero attached hydrogens (tertiary/aromatic N) is 2. The van der Waals surface area contributed by atoms with Gasteiger partial charge in [-0.2, -0.15) is 5.26 Å². The van der Waals surface area contributed by atoms with Gasteiger partial charge in [0.1, 0.15) is 5.75 Å². The van der Waals surface area contributed by atoms with Gasteiger partial charge in [-0.15, -0.1) is 0 Å². The number of carbonyl (C=O) groups is 1. The van der Waals surface area contributed by atoms with E-state index in [9.17, 15) is 4.79 Å². The van der Waals surface area contributed by atoms with Gasteiger partial charge in [-0.05, 0) is 42.7 Å². The van der Waals surface area contributed by atoms with E-state index in [1.807, 2.05) is 18.2 Å². The number of benzene rings is 2. The Morgan fingerprint density at radius 3 is 2.96 bits per heavy atom. The summed E-state index contributed by atoms with van der Waals surface area (Å²) in [5, 5.41) is 11.9. The zero-order valence-corrected chi connectivity index (χ0v) is 14.2. The predicted octanol–water partition coefficient (Wildman–Crippen LogP) is 2.82. The van der Waals surface area contributed by atoms with Crippen LogP contribution < -0.4 is 15.0 Å². The Balaban J connectivity index is 1.54. The van der Waals surface area contributed by atoms with Crippen molar-refractivity contribution in [2.45, 2.75) is 6.42 Å². The number of methoxy groups -OCH3 is 1. The van der Waals surface area contributed by atoms with Crippen LogP contribution in [-0.4, -0.2) is 32.7 Å². The number of nitrogens with one attached hydrogen (secondary N) is 1. The van der Waals surface area contributed by atoms with Crippen LogP contribution >= 0.6 is 0 Å². The van der Waals surface area contributed by atoms with Crippen LogP contribution in [0.5, 0.6) is 5.75 Å². The van der Waals surface area contributed by atoms with E-state index in [0.717, 1.165) is 30.9 Å². The van der Waals surface area contributed by atoms with Crippen molar-refractivity contribution in [3.63, 3.8) is 0 Å².